The molecule has 2 aromatic rings. The smallest absolute Gasteiger partial charge is 0.252 e. The van der Waals surface area contributed by atoms with Crippen molar-refractivity contribution in [1.29, 1.82) is 0 Å². The number of nitrogens with one attached hydrogen (secondary N) is 1. The molecular weight excluding hydrogens is 312 g/mol. The third-order valence-electron chi connectivity index (χ3n) is 4.53. The number of hydrogen-bond acceptors (Lipinski definition) is 4. The topological polar surface area (TPSA) is 48.5 Å². The average molecular weight is 338 g/mol. The van der Waals surface area contributed by atoms with Crippen LogP contribution in [0.4, 0.5) is 11.4 Å². The van der Waals surface area contributed by atoms with Crippen LogP contribution in [0.5, 0.6) is 0 Å². The van der Waals surface area contributed by atoms with E-state index in [1.165, 1.54) is 11.3 Å². The van der Waals surface area contributed by atoms with E-state index in [2.05, 4.69) is 51.3 Å². The lowest BCUT2D eigenvalue weighted by Crippen LogP contribution is -2.46. The first-order valence-electron chi connectivity index (χ1n) is 8.97. The van der Waals surface area contributed by atoms with Crippen LogP contribution < -0.4 is 15.1 Å². The fourth-order valence-electron chi connectivity index (χ4n) is 3.11. The number of nitrogens with zero attached hydrogens (tertiary/aromatic N) is 3. The van der Waals surface area contributed by atoms with Crippen LogP contribution >= 0.6 is 0 Å². The van der Waals surface area contributed by atoms with E-state index in [1.54, 1.807) is 6.20 Å². The van der Waals surface area contributed by atoms with Crippen molar-refractivity contribution >= 4 is 17.3 Å². The van der Waals surface area contributed by atoms with Gasteiger partial charge in [-0.2, -0.15) is 0 Å². The minimum atomic E-state index is -0.0467. The Labute approximate surface area is 149 Å². The van der Waals surface area contributed by atoms with Crippen molar-refractivity contribution in [3.8, 4) is 0 Å². The summed E-state index contributed by atoms with van der Waals surface area (Å²) in [6, 6.07) is 10.6. The molecule has 0 atom stereocenters. The zero-order valence-corrected chi connectivity index (χ0v) is 15.0. The van der Waals surface area contributed by atoms with E-state index in [0.717, 1.165) is 38.3 Å². The van der Waals surface area contributed by atoms with Gasteiger partial charge in [-0.25, -0.2) is 0 Å². The zero-order chi connectivity index (χ0) is 17.6. The average Bonchev–Trinajstić information content (AvgIpc) is 2.66. The fourth-order valence-corrected chi connectivity index (χ4v) is 3.11. The number of anilines is 2. The molecule has 1 aromatic carbocycles. The number of benzene rings is 1. The minimum Gasteiger partial charge on any atom is -0.368 e. The molecule has 0 unspecified atom stereocenters. The molecule has 1 N–H and O–H groups in total. The highest BCUT2D eigenvalue weighted by Gasteiger charge is 2.18. The lowest BCUT2D eigenvalue weighted by Gasteiger charge is -2.37. The third kappa shape index (κ3) is 4.29. The first-order chi connectivity index (χ1) is 12.2. The quantitative estimate of drug-likeness (QED) is 0.911. The second kappa shape index (κ2) is 8.01. The molecular formula is C20H26N4O. The second-order valence-corrected chi connectivity index (χ2v) is 6.50. The van der Waals surface area contributed by atoms with Gasteiger partial charge in [-0.15, -0.1) is 0 Å². The summed E-state index contributed by atoms with van der Waals surface area (Å²) in [5, 5.41) is 2.91. The molecule has 0 spiro atoms. The molecule has 3 rings (SSSR count). The van der Waals surface area contributed by atoms with Crippen LogP contribution in [0.2, 0.25) is 0 Å². The van der Waals surface area contributed by atoms with Crippen LogP contribution in [0.3, 0.4) is 0 Å². The van der Waals surface area contributed by atoms with E-state index in [0.29, 0.717) is 12.1 Å². The van der Waals surface area contributed by atoms with Gasteiger partial charge in [0, 0.05) is 44.6 Å². The normalized spacial score (nSPS) is 14.5. The van der Waals surface area contributed by atoms with Gasteiger partial charge >= 0.3 is 0 Å². The lowest BCUT2D eigenvalue weighted by atomic mass is 10.1. The molecule has 1 fully saturated rings. The molecule has 0 aliphatic carbocycles. The molecule has 5 heteroatoms. The summed E-state index contributed by atoms with van der Waals surface area (Å²) >= 11 is 0. The Morgan fingerprint density at radius 2 is 1.80 bits per heavy atom. The molecule has 5 nitrogen and oxygen atoms in total. The van der Waals surface area contributed by atoms with Crippen molar-refractivity contribution in [2.24, 2.45) is 0 Å². The highest BCUT2D eigenvalue weighted by Crippen LogP contribution is 2.21. The van der Waals surface area contributed by atoms with Crippen LogP contribution in [0.15, 0.2) is 42.7 Å². The molecule has 132 valence electrons. The maximum Gasteiger partial charge on any atom is 0.252 e. The number of pyridine rings is 1. The molecule has 1 aromatic heterocycles. The van der Waals surface area contributed by atoms with Crippen molar-refractivity contribution in [3.05, 3.63) is 53.9 Å². The highest BCUT2D eigenvalue weighted by molar-refractivity contribution is 5.94. The first kappa shape index (κ1) is 17.3. The Balaban J connectivity index is 1.64. The fraction of sp³-hybridized carbons (Fsp3) is 0.400. The van der Waals surface area contributed by atoms with Gasteiger partial charge in [0.1, 0.15) is 0 Å². The summed E-state index contributed by atoms with van der Waals surface area (Å²) in [4.78, 5) is 21.1. The van der Waals surface area contributed by atoms with Gasteiger partial charge < -0.3 is 15.1 Å². The highest BCUT2D eigenvalue weighted by atomic mass is 16.1. The van der Waals surface area contributed by atoms with Crippen LogP contribution in [-0.4, -0.2) is 43.6 Å². The van der Waals surface area contributed by atoms with Gasteiger partial charge in [0.2, 0.25) is 0 Å². The summed E-state index contributed by atoms with van der Waals surface area (Å²) in [6.07, 6.45) is 4.41. The number of amides is 1. The van der Waals surface area contributed by atoms with Gasteiger partial charge in [0.05, 0.1) is 17.4 Å². The number of hydrogen-bond donors (Lipinski definition) is 1. The van der Waals surface area contributed by atoms with Crippen molar-refractivity contribution in [2.45, 2.75) is 20.3 Å². The van der Waals surface area contributed by atoms with E-state index in [1.807, 2.05) is 19.2 Å². The summed E-state index contributed by atoms with van der Waals surface area (Å²) in [5.41, 5.74) is 4.22. The van der Waals surface area contributed by atoms with Crippen LogP contribution in [0.1, 0.15) is 29.3 Å². The predicted molar refractivity (Wildman–Crippen MR) is 102 cm³/mol. The number of carbonyl (C=O) groups excluding carboxylic acids is 1. The minimum absolute atomic E-state index is 0.0467. The van der Waals surface area contributed by atoms with Crippen LogP contribution in [0, 0.1) is 6.92 Å². The summed E-state index contributed by atoms with van der Waals surface area (Å²) in [5.74, 6) is -0.0467. The Morgan fingerprint density at radius 1 is 1.08 bits per heavy atom. The number of rotatable bonds is 5. The van der Waals surface area contributed by atoms with E-state index < -0.39 is 0 Å². The second-order valence-electron chi connectivity index (χ2n) is 6.50. The number of aromatic nitrogens is 1. The van der Waals surface area contributed by atoms with Crippen molar-refractivity contribution in [2.75, 3.05) is 42.5 Å². The molecule has 2 heterocycles. The molecule has 0 saturated carbocycles. The summed E-state index contributed by atoms with van der Waals surface area (Å²) < 4.78 is 0. The van der Waals surface area contributed by atoms with E-state index in [9.17, 15) is 4.79 Å². The molecule has 1 aliphatic rings. The van der Waals surface area contributed by atoms with Crippen molar-refractivity contribution in [3.63, 3.8) is 0 Å². The van der Waals surface area contributed by atoms with Crippen LogP contribution in [0.25, 0.3) is 0 Å². The van der Waals surface area contributed by atoms with Crippen molar-refractivity contribution < 1.29 is 4.79 Å². The van der Waals surface area contributed by atoms with E-state index in [-0.39, 0.29) is 5.91 Å². The Kier molecular flexibility index (Phi) is 5.53. The molecule has 1 saturated heterocycles. The van der Waals surface area contributed by atoms with Gasteiger partial charge in [-0.1, -0.05) is 19.1 Å². The number of piperazine rings is 1. The molecule has 0 bridgehead atoms. The first-order valence-corrected chi connectivity index (χ1v) is 8.97. The molecule has 0 radical (unpaired) electrons. The lowest BCUT2D eigenvalue weighted by molar-refractivity contribution is 0.0953. The number of carbonyl (C=O) groups is 1. The molecule has 1 amide bonds. The van der Waals surface area contributed by atoms with Gasteiger partial charge in [-0.05, 0) is 37.1 Å². The number of aryl methyl sites for hydroxylation is 1. The maximum atomic E-state index is 12.1. The maximum absolute atomic E-state index is 12.1. The third-order valence-corrected chi connectivity index (χ3v) is 4.53. The predicted octanol–water partition coefficient (Wildman–Crippen LogP) is 2.86. The summed E-state index contributed by atoms with van der Waals surface area (Å²) in [6.45, 7) is 8.65. The SMILES string of the molecule is CCCNC(=O)c1cncc(N2CCN(c3cccc(C)c3)CC2)c1. The molecule has 1 aliphatic heterocycles. The van der Waals surface area contributed by atoms with Gasteiger partial charge in [-0.3, -0.25) is 9.78 Å². The standard InChI is InChI=1S/C20H26N4O/c1-3-7-22-20(25)17-13-19(15-21-14-17)24-10-8-23(9-11-24)18-6-4-5-16(2)12-18/h4-6,12-15H,3,7-11H2,1-2H3,(H,22,25). The van der Waals surface area contributed by atoms with E-state index >= 15 is 0 Å². The molecule has 25 heavy (non-hydrogen) atoms. The van der Waals surface area contributed by atoms with E-state index in [4.69, 9.17) is 0 Å². The largest absolute Gasteiger partial charge is 0.368 e. The summed E-state index contributed by atoms with van der Waals surface area (Å²) in [7, 11) is 0. The Morgan fingerprint density at radius 3 is 2.48 bits per heavy atom. The zero-order valence-electron chi connectivity index (χ0n) is 15.0. The Hall–Kier alpha value is -2.56. The monoisotopic (exact) mass is 338 g/mol. The van der Waals surface area contributed by atoms with Gasteiger partial charge in [0.25, 0.3) is 5.91 Å². The van der Waals surface area contributed by atoms with Gasteiger partial charge in [0.15, 0.2) is 0 Å². The Bertz CT molecular complexity index is 723. The van der Waals surface area contributed by atoms with Crippen LogP contribution in [-0.2, 0) is 0 Å². The van der Waals surface area contributed by atoms with Crippen molar-refractivity contribution in [1.82, 2.24) is 10.3 Å².